The fraction of sp³-hybridized carbons (Fsp3) is 0.481. The van der Waals surface area contributed by atoms with Gasteiger partial charge in [0.2, 0.25) is 5.79 Å². The largest absolute Gasteiger partial charge is 0.492 e. The number of nitrogens with two attached hydrogens (primary N) is 2. The number of ether oxygens (including phenoxy) is 1. The van der Waals surface area contributed by atoms with Crippen molar-refractivity contribution in [2.45, 2.75) is 62.2 Å². The van der Waals surface area contributed by atoms with Gasteiger partial charge in [-0.1, -0.05) is 26.0 Å². The number of amides is 2. The Bertz CT molecular complexity index is 1520. The van der Waals surface area contributed by atoms with Crippen LogP contribution in [0.3, 0.4) is 0 Å². The van der Waals surface area contributed by atoms with E-state index in [9.17, 15) is 19.8 Å². The molecule has 9 N–H and O–H groups in total. The normalized spacial score (nSPS) is 28.2. The first kappa shape index (κ1) is 27.7. The molecule has 0 saturated carbocycles. The lowest BCUT2D eigenvalue weighted by molar-refractivity contribution is -0.230. The van der Waals surface area contributed by atoms with Gasteiger partial charge in [0.25, 0.3) is 11.8 Å². The van der Waals surface area contributed by atoms with E-state index in [4.69, 9.17) is 16.2 Å². The number of aryl methyl sites for hydroxylation is 1. The van der Waals surface area contributed by atoms with E-state index in [1.54, 1.807) is 19.1 Å². The van der Waals surface area contributed by atoms with Crippen LogP contribution in [0.15, 0.2) is 40.6 Å². The molecule has 15 heteroatoms. The monoisotopic (exact) mass is 578 g/mol. The Balaban J connectivity index is 1.26. The van der Waals surface area contributed by atoms with Crippen LogP contribution in [0.5, 0.6) is 5.75 Å². The van der Waals surface area contributed by atoms with Crippen molar-refractivity contribution in [3.63, 3.8) is 0 Å². The fourth-order valence-corrected chi connectivity index (χ4v) is 6.30. The molecule has 4 aliphatic heterocycles. The van der Waals surface area contributed by atoms with Crippen molar-refractivity contribution >= 4 is 23.7 Å². The number of carbonyl (C=O) groups excluding carboxylic acids is 2. The fourth-order valence-electron chi connectivity index (χ4n) is 6.30. The summed E-state index contributed by atoms with van der Waals surface area (Å²) in [6, 6.07) is 2.29. The van der Waals surface area contributed by atoms with E-state index in [0.717, 1.165) is 12.0 Å². The first-order valence-corrected chi connectivity index (χ1v) is 13.7. The molecule has 42 heavy (non-hydrogen) atoms. The van der Waals surface area contributed by atoms with E-state index in [0.29, 0.717) is 18.1 Å². The highest BCUT2D eigenvalue weighted by molar-refractivity contribution is 5.98. The third kappa shape index (κ3) is 4.10. The van der Waals surface area contributed by atoms with Gasteiger partial charge < -0.3 is 47.3 Å². The molecule has 1 aromatic heterocycles. The molecule has 1 saturated heterocycles. The van der Waals surface area contributed by atoms with Gasteiger partial charge in [0.1, 0.15) is 23.5 Å². The number of guanidine groups is 2. The van der Waals surface area contributed by atoms with Crippen molar-refractivity contribution in [1.82, 2.24) is 30.8 Å². The highest BCUT2D eigenvalue weighted by Gasteiger charge is 2.73. The van der Waals surface area contributed by atoms with Crippen LogP contribution in [0.1, 0.15) is 52.4 Å². The standard InChI is InChI=1S/C27H34N10O5/c1-13-9-30-10-17(32-13)22(39)31-11-16-20-26(36-23(28)35-20)27(40,41)18(12-37(26)24(29)33-16)34-21(38)14-5-4-6-15-19(14)42-8-7-25(15,2)3/h4-6,9-10,16,18,20,40-41H,7-8,11-12H2,1-3H3,(H2,29,33)(H,31,39)(H,34,38)(H3,28,35,36)/t16?,18-,20?,26?/m0/s1. The molecule has 1 fully saturated rings. The highest BCUT2D eigenvalue weighted by atomic mass is 16.5. The van der Waals surface area contributed by atoms with Crippen LogP contribution in [-0.2, 0) is 5.41 Å². The number of fused-ring (bicyclic) bond motifs is 1. The molecule has 1 spiro atoms. The molecule has 4 aliphatic rings. The summed E-state index contributed by atoms with van der Waals surface area (Å²) in [5.74, 6) is -3.29. The molecule has 6 rings (SSSR count). The summed E-state index contributed by atoms with van der Waals surface area (Å²) in [5, 5.41) is 31.9. The summed E-state index contributed by atoms with van der Waals surface area (Å²) < 4.78 is 5.89. The minimum atomic E-state index is -2.63. The summed E-state index contributed by atoms with van der Waals surface area (Å²) in [4.78, 5) is 44.8. The smallest absolute Gasteiger partial charge is 0.271 e. The quantitative estimate of drug-likeness (QED) is 0.193. The van der Waals surface area contributed by atoms with E-state index in [-0.39, 0.29) is 41.7 Å². The molecule has 1 aromatic carbocycles. The van der Waals surface area contributed by atoms with Crippen molar-refractivity contribution in [3.05, 3.63) is 53.1 Å². The second-order valence-corrected chi connectivity index (χ2v) is 11.7. The zero-order valence-electron chi connectivity index (χ0n) is 23.5. The van der Waals surface area contributed by atoms with Gasteiger partial charge in [0.15, 0.2) is 17.6 Å². The molecule has 2 amide bonds. The Morgan fingerprint density at radius 2 is 1.98 bits per heavy atom. The lowest BCUT2D eigenvalue weighted by Crippen LogP contribution is -2.78. The van der Waals surface area contributed by atoms with Crippen molar-refractivity contribution in [1.29, 1.82) is 0 Å². The summed E-state index contributed by atoms with van der Waals surface area (Å²) >= 11 is 0. The van der Waals surface area contributed by atoms with Crippen LogP contribution in [-0.4, -0.2) is 98.1 Å². The third-order valence-electron chi connectivity index (χ3n) is 8.53. The van der Waals surface area contributed by atoms with Gasteiger partial charge in [-0.3, -0.25) is 14.6 Å². The number of nitrogens with zero attached hydrogens (tertiary/aromatic N) is 5. The van der Waals surface area contributed by atoms with Gasteiger partial charge in [0, 0.05) is 24.8 Å². The average Bonchev–Trinajstić information content (AvgIpc) is 3.40. The first-order chi connectivity index (χ1) is 19.8. The number of para-hydroxylation sites is 1. The molecule has 0 bridgehead atoms. The molecule has 15 nitrogen and oxygen atoms in total. The van der Waals surface area contributed by atoms with Gasteiger partial charge in [-0.25, -0.2) is 15.0 Å². The lowest BCUT2D eigenvalue weighted by atomic mass is 9.79. The van der Waals surface area contributed by atoms with Gasteiger partial charge in [-0.2, -0.15) is 0 Å². The van der Waals surface area contributed by atoms with Crippen LogP contribution in [0.4, 0.5) is 0 Å². The first-order valence-electron chi connectivity index (χ1n) is 13.7. The van der Waals surface area contributed by atoms with E-state index in [2.05, 4.69) is 49.8 Å². The Kier molecular flexibility index (Phi) is 6.27. The number of benzene rings is 1. The number of aromatic nitrogens is 2. The molecule has 4 atom stereocenters. The predicted octanol–water partition coefficient (Wildman–Crippen LogP) is -1.95. The molecular weight excluding hydrogens is 544 g/mol. The van der Waals surface area contributed by atoms with Gasteiger partial charge in [0.05, 0.1) is 30.1 Å². The average molecular weight is 579 g/mol. The van der Waals surface area contributed by atoms with Gasteiger partial charge in [-0.15, -0.1) is 0 Å². The predicted molar refractivity (Wildman–Crippen MR) is 150 cm³/mol. The van der Waals surface area contributed by atoms with Crippen LogP contribution >= 0.6 is 0 Å². The van der Waals surface area contributed by atoms with Crippen molar-refractivity contribution < 1.29 is 24.5 Å². The minimum Gasteiger partial charge on any atom is -0.492 e. The summed E-state index contributed by atoms with van der Waals surface area (Å²) in [6.07, 6.45) is 3.67. The van der Waals surface area contributed by atoms with E-state index in [1.165, 1.54) is 17.3 Å². The maximum atomic E-state index is 13.6. The maximum absolute atomic E-state index is 13.6. The van der Waals surface area contributed by atoms with E-state index < -0.39 is 41.4 Å². The second-order valence-electron chi connectivity index (χ2n) is 11.7. The zero-order valence-corrected chi connectivity index (χ0v) is 23.5. The molecule has 0 aliphatic carbocycles. The molecule has 0 radical (unpaired) electrons. The van der Waals surface area contributed by atoms with Gasteiger partial charge in [-0.05, 0) is 24.8 Å². The van der Waals surface area contributed by atoms with Crippen LogP contribution in [0.2, 0.25) is 0 Å². The lowest BCUT2D eigenvalue weighted by Gasteiger charge is -2.49. The second kappa shape index (κ2) is 9.52. The number of rotatable bonds is 5. The number of aliphatic imine (C=N–C) groups is 2. The highest BCUT2D eigenvalue weighted by Crippen LogP contribution is 2.45. The van der Waals surface area contributed by atoms with Crippen molar-refractivity contribution in [2.75, 3.05) is 19.7 Å². The molecular formula is C27H34N10O5. The Morgan fingerprint density at radius 3 is 2.74 bits per heavy atom. The summed E-state index contributed by atoms with van der Waals surface area (Å²) in [5.41, 5.74) is 12.3. The van der Waals surface area contributed by atoms with Gasteiger partial charge >= 0.3 is 0 Å². The van der Waals surface area contributed by atoms with Crippen LogP contribution in [0, 0.1) is 6.92 Å². The number of aliphatic hydroxyl groups is 2. The number of hydrogen-bond donors (Lipinski definition) is 7. The van der Waals surface area contributed by atoms with Crippen LogP contribution in [0.25, 0.3) is 0 Å². The molecule has 222 valence electrons. The van der Waals surface area contributed by atoms with Crippen molar-refractivity contribution in [3.8, 4) is 5.75 Å². The SMILES string of the molecule is Cc1cncc(C(=O)NCC2N=C(N)N3C[C@H](NC(=O)c4cccc5c4OCCC5(C)C)C(O)(O)C34NC(N)=NC24)n1. The molecule has 2 aromatic rings. The number of carbonyl (C=O) groups is 2. The summed E-state index contributed by atoms with van der Waals surface area (Å²) in [7, 11) is 0. The summed E-state index contributed by atoms with van der Waals surface area (Å²) in [6.45, 7) is 6.17. The maximum Gasteiger partial charge on any atom is 0.271 e. The number of nitrogens with one attached hydrogen (secondary N) is 3. The minimum absolute atomic E-state index is 0.0374. The topological polar surface area (TPSA) is 226 Å². The Morgan fingerprint density at radius 1 is 1.19 bits per heavy atom. The Labute approximate surface area is 241 Å². The molecule has 5 heterocycles. The van der Waals surface area contributed by atoms with E-state index in [1.807, 2.05) is 6.07 Å². The Hall–Kier alpha value is -4.50. The van der Waals surface area contributed by atoms with E-state index >= 15 is 0 Å². The number of hydrogen-bond acceptors (Lipinski definition) is 13. The van der Waals surface area contributed by atoms with Crippen LogP contribution < -0.4 is 32.2 Å². The van der Waals surface area contributed by atoms with Crippen molar-refractivity contribution in [2.24, 2.45) is 21.5 Å². The molecule has 3 unspecified atom stereocenters. The third-order valence-corrected chi connectivity index (χ3v) is 8.53. The zero-order chi connectivity index (χ0) is 30.0.